The Hall–Kier alpha value is -1.07. The Kier molecular flexibility index (Phi) is 11.9. The number of hydrogen-bond acceptors (Lipinski definition) is 3. The molecule has 29 heavy (non-hydrogen) atoms. The van der Waals surface area contributed by atoms with Crippen LogP contribution >= 0.6 is 47.2 Å². The van der Waals surface area contributed by atoms with Crippen molar-refractivity contribution in [2.24, 2.45) is 10.9 Å². The van der Waals surface area contributed by atoms with E-state index < -0.39 is 6.61 Å². The molecule has 0 saturated heterocycles. The molecule has 2 rings (SSSR count). The molecule has 6 nitrogen and oxygen atoms in total. The summed E-state index contributed by atoms with van der Waals surface area (Å²) >= 11 is 11.9. The van der Waals surface area contributed by atoms with Crippen LogP contribution < -0.4 is 20.7 Å². The van der Waals surface area contributed by atoms with E-state index in [9.17, 15) is 13.6 Å². The van der Waals surface area contributed by atoms with Gasteiger partial charge in [0, 0.05) is 43.2 Å². The Labute approximate surface area is 196 Å². The van der Waals surface area contributed by atoms with Gasteiger partial charge in [-0.15, -0.1) is 24.0 Å². The summed E-state index contributed by atoms with van der Waals surface area (Å²) in [5, 5.41) is 9.33. The first-order valence-electron chi connectivity index (χ1n) is 9.05. The van der Waals surface area contributed by atoms with Gasteiger partial charge in [0.25, 0.3) is 0 Å². The van der Waals surface area contributed by atoms with Crippen LogP contribution in [0.5, 0.6) is 5.75 Å². The van der Waals surface area contributed by atoms with Crippen molar-refractivity contribution in [1.29, 1.82) is 0 Å². The Morgan fingerprint density at radius 1 is 1.24 bits per heavy atom. The summed E-state index contributed by atoms with van der Waals surface area (Å²) < 4.78 is 29.7. The minimum absolute atomic E-state index is 0. The molecule has 1 aromatic rings. The predicted octanol–water partition coefficient (Wildman–Crippen LogP) is 4.18. The number of benzene rings is 1. The lowest BCUT2D eigenvalue weighted by Crippen LogP contribution is -2.39. The molecule has 0 atom stereocenters. The first-order chi connectivity index (χ1) is 13.4. The average Bonchev–Trinajstić information content (AvgIpc) is 2.58. The molecule has 0 heterocycles. The Morgan fingerprint density at radius 3 is 2.52 bits per heavy atom. The van der Waals surface area contributed by atoms with Crippen molar-refractivity contribution in [2.45, 2.75) is 38.8 Å². The quantitative estimate of drug-likeness (QED) is 0.182. The number of aliphatic imine (C=N–C) groups is 1. The summed E-state index contributed by atoms with van der Waals surface area (Å²) in [5.41, 5.74) is 0.383. The fourth-order valence-corrected chi connectivity index (χ4v) is 3.27. The molecule has 3 N–H and O–H groups in total. The van der Waals surface area contributed by atoms with Crippen molar-refractivity contribution in [3.63, 3.8) is 0 Å². The maximum absolute atomic E-state index is 12.6. The topological polar surface area (TPSA) is 74.8 Å². The molecular weight excluding hydrogens is 540 g/mol. The lowest BCUT2D eigenvalue weighted by Gasteiger charge is -2.24. The van der Waals surface area contributed by atoms with E-state index in [1.165, 1.54) is 12.1 Å². The standard InChI is InChI=1S/C18H24Cl2F2N4O2.HI/c1-23-18(25-7-3-6-24-16(27)11-4-2-5-11)26-10-12-8-13(19)9-14(20)15(12)28-17(21)22;/h8-9,11,17H,2-7,10H2,1H3,(H,24,27)(H2,23,25,26);1H. The Balaban J connectivity index is 0.00000420. The van der Waals surface area contributed by atoms with Crippen LogP contribution in [0.2, 0.25) is 10.0 Å². The van der Waals surface area contributed by atoms with E-state index in [-0.39, 0.29) is 53.1 Å². The van der Waals surface area contributed by atoms with Crippen LogP contribution in [-0.2, 0) is 11.3 Å². The van der Waals surface area contributed by atoms with Gasteiger partial charge in [-0.3, -0.25) is 9.79 Å². The van der Waals surface area contributed by atoms with E-state index in [0.29, 0.717) is 29.6 Å². The highest BCUT2D eigenvalue weighted by Crippen LogP contribution is 2.33. The van der Waals surface area contributed by atoms with Gasteiger partial charge in [0.15, 0.2) is 5.96 Å². The van der Waals surface area contributed by atoms with E-state index in [1.807, 2.05) is 0 Å². The van der Waals surface area contributed by atoms with Gasteiger partial charge in [0.1, 0.15) is 5.75 Å². The zero-order valence-corrected chi connectivity index (χ0v) is 19.8. The molecule has 1 aliphatic rings. The molecule has 0 aliphatic heterocycles. The normalized spacial score (nSPS) is 14.1. The van der Waals surface area contributed by atoms with E-state index in [1.54, 1.807) is 7.05 Å². The molecule has 0 spiro atoms. The summed E-state index contributed by atoms with van der Waals surface area (Å²) in [6.07, 6.45) is 3.81. The third-order valence-corrected chi connectivity index (χ3v) is 4.88. The van der Waals surface area contributed by atoms with Gasteiger partial charge in [0.2, 0.25) is 5.91 Å². The fraction of sp³-hybridized carbons (Fsp3) is 0.556. The number of halogens is 5. The number of hydrogen-bond donors (Lipinski definition) is 3. The van der Waals surface area contributed by atoms with Gasteiger partial charge in [-0.05, 0) is 31.4 Å². The SMILES string of the molecule is CN=C(NCCCNC(=O)C1CCC1)NCc1cc(Cl)cc(Cl)c1OC(F)F.I. The zero-order chi connectivity index (χ0) is 20.5. The molecule has 1 saturated carbocycles. The van der Waals surface area contributed by atoms with Crippen molar-refractivity contribution in [3.8, 4) is 5.75 Å². The summed E-state index contributed by atoms with van der Waals surface area (Å²) in [5.74, 6) is 0.654. The third kappa shape index (κ3) is 8.67. The van der Waals surface area contributed by atoms with E-state index in [2.05, 4.69) is 25.7 Å². The van der Waals surface area contributed by atoms with Crippen LogP contribution in [0.4, 0.5) is 8.78 Å². The van der Waals surface area contributed by atoms with Crippen LogP contribution in [0.1, 0.15) is 31.2 Å². The summed E-state index contributed by atoms with van der Waals surface area (Å²) in [7, 11) is 1.59. The van der Waals surface area contributed by atoms with Crippen molar-refractivity contribution in [2.75, 3.05) is 20.1 Å². The number of guanidine groups is 1. The highest BCUT2D eigenvalue weighted by molar-refractivity contribution is 14.0. The van der Waals surface area contributed by atoms with E-state index >= 15 is 0 Å². The molecule has 1 amide bonds. The first-order valence-corrected chi connectivity index (χ1v) is 9.81. The molecule has 1 aliphatic carbocycles. The van der Waals surface area contributed by atoms with Crippen LogP contribution in [-0.4, -0.2) is 38.6 Å². The van der Waals surface area contributed by atoms with Crippen LogP contribution in [0.15, 0.2) is 17.1 Å². The molecular formula is C18H25Cl2F2IN4O2. The molecule has 1 aromatic carbocycles. The molecule has 0 radical (unpaired) electrons. The van der Waals surface area contributed by atoms with Gasteiger partial charge < -0.3 is 20.7 Å². The lowest BCUT2D eigenvalue weighted by atomic mass is 9.85. The van der Waals surface area contributed by atoms with Gasteiger partial charge in [-0.25, -0.2) is 0 Å². The van der Waals surface area contributed by atoms with E-state index in [4.69, 9.17) is 23.2 Å². The van der Waals surface area contributed by atoms with Gasteiger partial charge in [-0.1, -0.05) is 29.6 Å². The van der Waals surface area contributed by atoms with Gasteiger partial charge >= 0.3 is 6.61 Å². The Bertz CT molecular complexity index is 707. The third-order valence-electron chi connectivity index (χ3n) is 4.38. The minimum Gasteiger partial charge on any atom is -0.433 e. The number of alkyl halides is 2. The first kappa shape index (κ1) is 26.0. The monoisotopic (exact) mass is 564 g/mol. The van der Waals surface area contributed by atoms with Crippen molar-refractivity contribution >= 4 is 59.0 Å². The van der Waals surface area contributed by atoms with Crippen LogP contribution in [0.3, 0.4) is 0 Å². The molecule has 1 fully saturated rings. The second-order valence-electron chi connectivity index (χ2n) is 6.38. The summed E-state index contributed by atoms with van der Waals surface area (Å²) in [6.45, 7) is -1.69. The average molecular weight is 565 g/mol. The number of ether oxygens (including phenoxy) is 1. The maximum Gasteiger partial charge on any atom is 0.387 e. The number of nitrogens with zero attached hydrogens (tertiary/aromatic N) is 1. The van der Waals surface area contributed by atoms with Crippen LogP contribution in [0.25, 0.3) is 0 Å². The van der Waals surface area contributed by atoms with Gasteiger partial charge in [0.05, 0.1) is 5.02 Å². The zero-order valence-electron chi connectivity index (χ0n) is 15.9. The van der Waals surface area contributed by atoms with Crippen molar-refractivity contribution in [1.82, 2.24) is 16.0 Å². The summed E-state index contributed by atoms with van der Waals surface area (Å²) in [6, 6.07) is 2.84. The molecule has 164 valence electrons. The fourth-order valence-electron chi connectivity index (χ4n) is 2.69. The molecule has 0 bridgehead atoms. The molecule has 11 heteroatoms. The number of amides is 1. The Morgan fingerprint density at radius 2 is 1.93 bits per heavy atom. The number of rotatable bonds is 9. The number of nitrogens with one attached hydrogen (secondary N) is 3. The lowest BCUT2D eigenvalue weighted by molar-refractivity contribution is -0.127. The largest absolute Gasteiger partial charge is 0.433 e. The second-order valence-corrected chi connectivity index (χ2v) is 7.22. The van der Waals surface area contributed by atoms with Crippen molar-refractivity contribution < 1.29 is 18.3 Å². The number of carbonyl (C=O) groups excluding carboxylic acids is 1. The highest BCUT2D eigenvalue weighted by atomic mass is 127. The van der Waals surface area contributed by atoms with Crippen LogP contribution in [0, 0.1) is 5.92 Å². The molecule has 0 unspecified atom stereocenters. The minimum atomic E-state index is -3.00. The van der Waals surface area contributed by atoms with E-state index in [0.717, 1.165) is 25.7 Å². The predicted molar refractivity (Wildman–Crippen MR) is 122 cm³/mol. The van der Waals surface area contributed by atoms with Gasteiger partial charge in [-0.2, -0.15) is 8.78 Å². The molecule has 0 aromatic heterocycles. The highest BCUT2D eigenvalue weighted by Gasteiger charge is 2.24. The summed E-state index contributed by atoms with van der Waals surface area (Å²) in [4.78, 5) is 15.8. The van der Waals surface area contributed by atoms with Crippen molar-refractivity contribution in [3.05, 3.63) is 27.7 Å². The number of carbonyl (C=O) groups is 1. The maximum atomic E-state index is 12.6. The smallest absolute Gasteiger partial charge is 0.387 e. The second kappa shape index (κ2) is 13.3.